The lowest BCUT2D eigenvalue weighted by Gasteiger charge is -2.02. The third kappa shape index (κ3) is 5.73. The van der Waals surface area contributed by atoms with E-state index in [1.54, 1.807) is 31.2 Å². The van der Waals surface area contributed by atoms with Gasteiger partial charge in [-0.3, -0.25) is 4.72 Å². The van der Waals surface area contributed by atoms with E-state index >= 15 is 0 Å². The molecule has 0 rings (SSSR count). The third-order valence-corrected chi connectivity index (χ3v) is 1.63. The van der Waals surface area contributed by atoms with Gasteiger partial charge in [-0.05, 0) is 13.0 Å². The Bertz CT molecular complexity index is 299. The molecule has 0 radical (unpaired) electrons. The van der Waals surface area contributed by atoms with E-state index in [-0.39, 0.29) is 0 Å². The number of hydrogen-bond donors (Lipinski definition) is 1. The van der Waals surface area contributed by atoms with Crippen molar-refractivity contribution in [1.82, 2.24) is 4.72 Å². The van der Waals surface area contributed by atoms with Crippen LogP contribution in [0.15, 0.2) is 36.6 Å². The zero-order valence-corrected chi connectivity index (χ0v) is 8.06. The van der Waals surface area contributed by atoms with Crippen molar-refractivity contribution in [3.8, 4) is 0 Å². The molecule has 0 atom stereocenters. The molecule has 12 heavy (non-hydrogen) atoms. The zero-order chi connectivity index (χ0) is 9.61. The minimum atomic E-state index is -3.17. The lowest BCUT2D eigenvalue weighted by molar-refractivity contribution is 0.595. The number of rotatable bonds is 4. The topological polar surface area (TPSA) is 46.2 Å². The molecule has 0 aliphatic carbocycles. The Morgan fingerprint density at radius 3 is 2.42 bits per heavy atom. The Morgan fingerprint density at radius 1 is 1.50 bits per heavy atom. The van der Waals surface area contributed by atoms with E-state index in [2.05, 4.69) is 11.3 Å². The van der Waals surface area contributed by atoms with E-state index in [9.17, 15) is 8.42 Å². The molecular weight excluding hydrogens is 174 g/mol. The SMILES string of the molecule is C=C/C=C\C(=C/C)NS(C)(=O)=O. The predicted molar refractivity (Wildman–Crippen MR) is 51.1 cm³/mol. The van der Waals surface area contributed by atoms with Gasteiger partial charge in [-0.2, -0.15) is 0 Å². The first-order valence-corrected chi connectivity index (χ1v) is 5.32. The number of hydrogen-bond acceptors (Lipinski definition) is 2. The lowest BCUT2D eigenvalue weighted by atomic mass is 10.4. The highest BCUT2D eigenvalue weighted by atomic mass is 32.2. The molecule has 0 heterocycles. The van der Waals surface area contributed by atoms with Crippen LogP contribution in [0.3, 0.4) is 0 Å². The smallest absolute Gasteiger partial charge is 0.229 e. The monoisotopic (exact) mass is 187 g/mol. The standard InChI is InChI=1S/C8H13NO2S/c1-4-6-7-8(5-2)9-12(3,10)11/h4-7,9H,1H2,2-3H3/b7-6-,8-5+. The second kappa shape index (κ2) is 4.77. The van der Waals surface area contributed by atoms with Gasteiger partial charge in [0, 0.05) is 5.70 Å². The highest BCUT2D eigenvalue weighted by molar-refractivity contribution is 7.88. The van der Waals surface area contributed by atoms with Crippen LogP contribution < -0.4 is 4.72 Å². The van der Waals surface area contributed by atoms with Crippen LogP contribution in [0.1, 0.15) is 6.92 Å². The quantitative estimate of drug-likeness (QED) is 0.672. The Hall–Kier alpha value is -1.03. The molecule has 0 fully saturated rings. The maximum absolute atomic E-state index is 10.8. The molecule has 68 valence electrons. The van der Waals surface area contributed by atoms with Gasteiger partial charge in [-0.15, -0.1) is 0 Å². The van der Waals surface area contributed by atoms with Crippen LogP contribution in [0.2, 0.25) is 0 Å². The number of nitrogens with one attached hydrogen (secondary N) is 1. The Balaban J connectivity index is 4.42. The van der Waals surface area contributed by atoms with E-state index in [1.807, 2.05) is 0 Å². The molecule has 0 aromatic rings. The van der Waals surface area contributed by atoms with Gasteiger partial charge in [0.2, 0.25) is 10.0 Å². The highest BCUT2D eigenvalue weighted by Gasteiger charge is 1.99. The molecule has 4 heteroatoms. The summed E-state index contributed by atoms with van der Waals surface area (Å²) in [4.78, 5) is 0. The van der Waals surface area contributed by atoms with Gasteiger partial charge in [0.1, 0.15) is 0 Å². The molecule has 0 aromatic heterocycles. The predicted octanol–water partition coefficient (Wildman–Crippen LogP) is 1.18. The van der Waals surface area contributed by atoms with Crippen LogP contribution >= 0.6 is 0 Å². The molecular formula is C8H13NO2S. The van der Waals surface area contributed by atoms with E-state index in [0.717, 1.165) is 6.26 Å². The molecule has 0 aromatic carbocycles. The molecule has 0 saturated carbocycles. The average molecular weight is 187 g/mol. The zero-order valence-electron chi connectivity index (χ0n) is 7.24. The van der Waals surface area contributed by atoms with E-state index in [1.165, 1.54) is 0 Å². The molecule has 3 nitrogen and oxygen atoms in total. The highest BCUT2D eigenvalue weighted by Crippen LogP contribution is 1.93. The van der Waals surface area contributed by atoms with Crippen LogP contribution in [-0.2, 0) is 10.0 Å². The Labute approximate surface area is 73.5 Å². The molecule has 0 spiro atoms. The van der Waals surface area contributed by atoms with Gasteiger partial charge >= 0.3 is 0 Å². The van der Waals surface area contributed by atoms with Crippen molar-refractivity contribution in [3.63, 3.8) is 0 Å². The molecule has 0 unspecified atom stereocenters. The molecule has 0 aliphatic heterocycles. The minimum Gasteiger partial charge on any atom is -0.284 e. The van der Waals surface area contributed by atoms with Crippen molar-refractivity contribution in [2.45, 2.75) is 6.92 Å². The summed E-state index contributed by atoms with van der Waals surface area (Å²) in [5.74, 6) is 0. The van der Waals surface area contributed by atoms with Crippen molar-refractivity contribution >= 4 is 10.0 Å². The molecule has 0 aliphatic rings. The van der Waals surface area contributed by atoms with E-state index in [0.29, 0.717) is 5.70 Å². The number of allylic oxidation sites excluding steroid dienone is 4. The third-order valence-electron chi connectivity index (χ3n) is 1.03. The summed E-state index contributed by atoms with van der Waals surface area (Å²) < 4.78 is 23.8. The van der Waals surface area contributed by atoms with Crippen LogP contribution in [0, 0.1) is 0 Å². The number of sulfonamides is 1. The van der Waals surface area contributed by atoms with Gasteiger partial charge in [-0.1, -0.05) is 24.8 Å². The fourth-order valence-electron chi connectivity index (χ4n) is 0.575. The average Bonchev–Trinajstić information content (AvgIpc) is 1.95. The summed E-state index contributed by atoms with van der Waals surface area (Å²) in [7, 11) is -3.17. The van der Waals surface area contributed by atoms with Crippen molar-refractivity contribution in [2.24, 2.45) is 0 Å². The van der Waals surface area contributed by atoms with Gasteiger partial charge in [0.05, 0.1) is 6.26 Å². The van der Waals surface area contributed by atoms with Gasteiger partial charge in [0.15, 0.2) is 0 Å². The second-order valence-electron chi connectivity index (χ2n) is 2.21. The van der Waals surface area contributed by atoms with Crippen LogP contribution in [-0.4, -0.2) is 14.7 Å². The first-order valence-electron chi connectivity index (χ1n) is 3.43. The van der Waals surface area contributed by atoms with Gasteiger partial charge < -0.3 is 0 Å². The lowest BCUT2D eigenvalue weighted by Crippen LogP contribution is -2.19. The maximum Gasteiger partial charge on any atom is 0.229 e. The first kappa shape index (κ1) is 11.0. The van der Waals surface area contributed by atoms with Gasteiger partial charge in [-0.25, -0.2) is 8.42 Å². The van der Waals surface area contributed by atoms with Crippen molar-refractivity contribution < 1.29 is 8.42 Å². The minimum absolute atomic E-state index is 0.539. The summed E-state index contributed by atoms with van der Waals surface area (Å²) in [6.07, 6.45) is 7.65. The Morgan fingerprint density at radius 2 is 2.08 bits per heavy atom. The maximum atomic E-state index is 10.8. The molecule has 1 N–H and O–H groups in total. The second-order valence-corrected chi connectivity index (χ2v) is 3.96. The van der Waals surface area contributed by atoms with Crippen molar-refractivity contribution in [2.75, 3.05) is 6.26 Å². The summed E-state index contributed by atoms with van der Waals surface area (Å²) in [6.45, 7) is 5.22. The first-order chi connectivity index (χ1) is 5.49. The fourth-order valence-corrected chi connectivity index (χ4v) is 1.19. The van der Waals surface area contributed by atoms with Gasteiger partial charge in [0.25, 0.3) is 0 Å². The Kier molecular flexibility index (Phi) is 4.36. The summed E-state index contributed by atoms with van der Waals surface area (Å²) in [5.41, 5.74) is 0.539. The van der Waals surface area contributed by atoms with Crippen LogP contribution in [0.5, 0.6) is 0 Å². The summed E-state index contributed by atoms with van der Waals surface area (Å²) in [5, 5.41) is 0. The fraction of sp³-hybridized carbons (Fsp3) is 0.250. The molecule has 0 bridgehead atoms. The van der Waals surface area contributed by atoms with Crippen LogP contribution in [0.4, 0.5) is 0 Å². The summed E-state index contributed by atoms with van der Waals surface area (Å²) in [6, 6.07) is 0. The van der Waals surface area contributed by atoms with Crippen molar-refractivity contribution in [3.05, 3.63) is 36.6 Å². The molecule has 0 amide bonds. The summed E-state index contributed by atoms with van der Waals surface area (Å²) >= 11 is 0. The van der Waals surface area contributed by atoms with Crippen molar-refractivity contribution in [1.29, 1.82) is 0 Å². The largest absolute Gasteiger partial charge is 0.284 e. The van der Waals surface area contributed by atoms with E-state index < -0.39 is 10.0 Å². The normalized spacial score (nSPS) is 13.3. The molecule has 0 saturated heterocycles. The van der Waals surface area contributed by atoms with E-state index in [4.69, 9.17) is 0 Å². The van der Waals surface area contributed by atoms with Crippen LogP contribution in [0.25, 0.3) is 0 Å².